The standard InChI is InChI=1S/C16H19N5O2S/c1-21-16-14(10-20-21)15(18-12-19-16)17-8-5-9-24(22,23)11-13-6-3-2-4-7-13/h2-4,6-7,10,12H,5,8-9,11H2,1H3,(H,17,18,19). The molecule has 3 aromatic rings. The minimum Gasteiger partial charge on any atom is -0.369 e. The summed E-state index contributed by atoms with van der Waals surface area (Å²) < 4.78 is 26.0. The zero-order valence-electron chi connectivity index (χ0n) is 13.4. The number of aryl methyl sites for hydroxylation is 1. The monoisotopic (exact) mass is 345 g/mol. The summed E-state index contributed by atoms with van der Waals surface area (Å²) >= 11 is 0. The number of aromatic nitrogens is 4. The summed E-state index contributed by atoms with van der Waals surface area (Å²) in [5, 5.41) is 8.14. The SMILES string of the molecule is Cn1ncc2c(NCCCS(=O)(=O)Cc3ccccc3)ncnc21. The van der Waals surface area contributed by atoms with E-state index in [1.807, 2.05) is 37.4 Å². The number of fused-ring (bicyclic) bond motifs is 1. The number of nitrogens with zero attached hydrogens (tertiary/aromatic N) is 4. The van der Waals surface area contributed by atoms with Crippen molar-refractivity contribution >= 4 is 26.7 Å². The number of nitrogens with one attached hydrogen (secondary N) is 1. The van der Waals surface area contributed by atoms with E-state index < -0.39 is 9.84 Å². The third-order valence-corrected chi connectivity index (χ3v) is 5.37. The average molecular weight is 345 g/mol. The molecule has 3 rings (SSSR count). The Hall–Kier alpha value is -2.48. The molecule has 0 saturated carbocycles. The van der Waals surface area contributed by atoms with E-state index in [4.69, 9.17) is 0 Å². The normalized spacial score (nSPS) is 11.7. The molecule has 0 radical (unpaired) electrons. The van der Waals surface area contributed by atoms with Crippen LogP contribution in [-0.2, 0) is 22.6 Å². The van der Waals surface area contributed by atoms with Crippen molar-refractivity contribution in [3.8, 4) is 0 Å². The number of rotatable bonds is 7. The second kappa shape index (κ2) is 6.96. The topological polar surface area (TPSA) is 89.8 Å². The lowest BCUT2D eigenvalue weighted by Crippen LogP contribution is -2.14. The Bertz CT molecular complexity index is 922. The Balaban J connectivity index is 1.55. The van der Waals surface area contributed by atoms with E-state index in [2.05, 4.69) is 20.4 Å². The van der Waals surface area contributed by atoms with Crippen molar-refractivity contribution in [3.05, 3.63) is 48.4 Å². The third kappa shape index (κ3) is 3.88. The average Bonchev–Trinajstić information content (AvgIpc) is 2.94. The summed E-state index contributed by atoms with van der Waals surface area (Å²) in [6.07, 6.45) is 3.68. The van der Waals surface area contributed by atoms with Gasteiger partial charge in [0.2, 0.25) is 0 Å². The predicted octanol–water partition coefficient (Wildman–Crippen LogP) is 1.78. The first-order valence-electron chi connectivity index (χ1n) is 7.66. The zero-order chi connectivity index (χ0) is 17.0. The van der Waals surface area contributed by atoms with Crippen LogP contribution >= 0.6 is 0 Å². The van der Waals surface area contributed by atoms with Crippen LogP contribution in [0.15, 0.2) is 42.9 Å². The number of benzene rings is 1. The number of hydrogen-bond donors (Lipinski definition) is 1. The Labute approximate surface area is 140 Å². The molecule has 7 nitrogen and oxygen atoms in total. The third-order valence-electron chi connectivity index (χ3n) is 3.68. The molecule has 8 heteroatoms. The number of sulfone groups is 1. The molecule has 126 valence electrons. The minimum atomic E-state index is -3.12. The van der Waals surface area contributed by atoms with Gasteiger partial charge in [-0.2, -0.15) is 5.10 Å². The molecule has 0 atom stereocenters. The van der Waals surface area contributed by atoms with Gasteiger partial charge in [0.1, 0.15) is 12.1 Å². The molecule has 0 saturated heterocycles. The van der Waals surface area contributed by atoms with Gasteiger partial charge in [-0.3, -0.25) is 4.68 Å². The highest BCUT2D eigenvalue weighted by molar-refractivity contribution is 7.90. The van der Waals surface area contributed by atoms with E-state index in [9.17, 15) is 8.42 Å². The lowest BCUT2D eigenvalue weighted by Gasteiger charge is -2.07. The van der Waals surface area contributed by atoms with Gasteiger partial charge in [-0.15, -0.1) is 0 Å². The summed E-state index contributed by atoms with van der Waals surface area (Å²) in [7, 11) is -1.30. The van der Waals surface area contributed by atoms with Crippen molar-refractivity contribution in [2.75, 3.05) is 17.6 Å². The molecule has 0 bridgehead atoms. The van der Waals surface area contributed by atoms with E-state index in [0.717, 1.165) is 16.6 Å². The second-order valence-electron chi connectivity index (χ2n) is 5.59. The Morgan fingerprint density at radius 3 is 2.75 bits per heavy atom. The van der Waals surface area contributed by atoms with Crippen molar-refractivity contribution in [2.45, 2.75) is 12.2 Å². The van der Waals surface area contributed by atoms with Crippen LogP contribution in [0.2, 0.25) is 0 Å². The van der Waals surface area contributed by atoms with E-state index in [1.165, 1.54) is 6.33 Å². The summed E-state index contributed by atoms with van der Waals surface area (Å²) in [5.74, 6) is 0.887. The van der Waals surface area contributed by atoms with E-state index in [1.54, 1.807) is 10.9 Å². The first-order valence-corrected chi connectivity index (χ1v) is 9.48. The van der Waals surface area contributed by atoms with Gasteiger partial charge < -0.3 is 5.32 Å². The molecule has 0 aliphatic heterocycles. The van der Waals surface area contributed by atoms with E-state index >= 15 is 0 Å². The molecule has 24 heavy (non-hydrogen) atoms. The Morgan fingerprint density at radius 2 is 1.96 bits per heavy atom. The van der Waals surface area contributed by atoms with Crippen molar-refractivity contribution in [2.24, 2.45) is 7.05 Å². The lowest BCUT2D eigenvalue weighted by atomic mass is 10.2. The van der Waals surface area contributed by atoms with Crippen LogP contribution in [0.1, 0.15) is 12.0 Å². The zero-order valence-corrected chi connectivity index (χ0v) is 14.2. The summed E-state index contributed by atoms with van der Waals surface area (Å²) in [6.45, 7) is 0.523. The molecule has 1 N–H and O–H groups in total. The van der Waals surface area contributed by atoms with Gasteiger partial charge in [-0.25, -0.2) is 18.4 Å². The van der Waals surface area contributed by atoms with Gasteiger partial charge in [0.25, 0.3) is 0 Å². The van der Waals surface area contributed by atoms with Gasteiger partial charge in [0.15, 0.2) is 15.5 Å². The molecule has 0 aliphatic rings. The maximum Gasteiger partial charge on any atom is 0.163 e. The predicted molar refractivity (Wildman–Crippen MR) is 93.3 cm³/mol. The van der Waals surface area contributed by atoms with Crippen LogP contribution in [0.3, 0.4) is 0 Å². The van der Waals surface area contributed by atoms with Crippen molar-refractivity contribution < 1.29 is 8.42 Å². The van der Waals surface area contributed by atoms with Crippen LogP contribution in [0, 0.1) is 0 Å². The molecule has 0 aliphatic carbocycles. The van der Waals surface area contributed by atoms with Gasteiger partial charge in [-0.1, -0.05) is 30.3 Å². The summed E-state index contributed by atoms with van der Waals surface area (Å²) in [4.78, 5) is 8.37. The van der Waals surface area contributed by atoms with Crippen molar-refractivity contribution in [1.29, 1.82) is 0 Å². The fraction of sp³-hybridized carbons (Fsp3) is 0.312. The summed E-state index contributed by atoms with van der Waals surface area (Å²) in [5.41, 5.74) is 1.56. The molecular formula is C16H19N5O2S. The first-order chi connectivity index (χ1) is 11.6. The van der Waals surface area contributed by atoms with Crippen LogP contribution in [0.5, 0.6) is 0 Å². The minimum absolute atomic E-state index is 0.0776. The largest absolute Gasteiger partial charge is 0.369 e. The second-order valence-corrected chi connectivity index (χ2v) is 7.77. The Kier molecular flexibility index (Phi) is 4.75. The molecule has 2 heterocycles. The molecule has 0 spiro atoms. The highest BCUT2D eigenvalue weighted by Gasteiger charge is 2.12. The van der Waals surface area contributed by atoms with Gasteiger partial charge >= 0.3 is 0 Å². The fourth-order valence-electron chi connectivity index (χ4n) is 2.50. The van der Waals surface area contributed by atoms with Crippen molar-refractivity contribution in [1.82, 2.24) is 19.7 Å². The fourth-order valence-corrected chi connectivity index (χ4v) is 3.93. The summed E-state index contributed by atoms with van der Waals surface area (Å²) in [6, 6.07) is 9.23. The maximum atomic E-state index is 12.2. The lowest BCUT2D eigenvalue weighted by molar-refractivity contribution is 0.593. The molecule has 0 amide bonds. The maximum absolute atomic E-state index is 12.2. The quantitative estimate of drug-likeness (QED) is 0.657. The molecular weight excluding hydrogens is 326 g/mol. The van der Waals surface area contributed by atoms with E-state index in [-0.39, 0.29) is 11.5 Å². The van der Waals surface area contributed by atoms with Gasteiger partial charge in [0.05, 0.1) is 23.1 Å². The Morgan fingerprint density at radius 1 is 1.17 bits per heavy atom. The van der Waals surface area contributed by atoms with Crippen LogP contribution < -0.4 is 5.32 Å². The highest BCUT2D eigenvalue weighted by atomic mass is 32.2. The molecule has 0 fully saturated rings. The molecule has 1 aromatic carbocycles. The number of anilines is 1. The van der Waals surface area contributed by atoms with Crippen molar-refractivity contribution in [3.63, 3.8) is 0 Å². The van der Waals surface area contributed by atoms with Crippen LogP contribution in [-0.4, -0.2) is 40.5 Å². The molecule has 0 unspecified atom stereocenters. The first kappa shape index (κ1) is 16.4. The number of hydrogen-bond acceptors (Lipinski definition) is 6. The van der Waals surface area contributed by atoms with Gasteiger partial charge in [0, 0.05) is 13.6 Å². The highest BCUT2D eigenvalue weighted by Crippen LogP contribution is 2.17. The van der Waals surface area contributed by atoms with Crippen LogP contribution in [0.25, 0.3) is 11.0 Å². The smallest absolute Gasteiger partial charge is 0.163 e. The van der Waals surface area contributed by atoms with Crippen LogP contribution in [0.4, 0.5) is 5.82 Å². The molecule has 2 aromatic heterocycles. The van der Waals surface area contributed by atoms with Gasteiger partial charge in [-0.05, 0) is 12.0 Å². The van der Waals surface area contributed by atoms with E-state index in [0.29, 0.717) is 18.8 Å².